The van der Waals surface area contributed by atoms with Gasteiger partial charge in [0, 0.05) is 5.56 Å². The van der Waals surface area contributed by atoms with Gasteiger partial charge < -0.3 is 10.1 Å². The van der Waals surface area contributed by atoms with Gasteiger partial charge in [-0.05, 0) is 90.3 Å². The number of carbonyl (C=O) groups excluding carboxylic acids is 1. The number of rotatable bonds is 5. The third-order valence-electron chi connectivity index (χ3n) is 5.22. The van der Waals surface area contributed by atoms with E-state index in [1.54, 1.807) is 0 Å². The van der Waals surface area contributed by atoms with Crippen molar-refractivity contribution in [3.05, 3.63) is 58.7 Å². The summed E-state index contributed by atoms with van der Waals surface area (Å²) in [5.41, 5.74) is 6.45. The molecule has 1 N–H and O–H groups in total. The summed E-state index contributed by atoms with van der Waals surface area (Å²) in [6.45, 7) is 3.93. The Morgan fingerprint density at radius 2 is 1.86 bits per heavy atom. The van der Waals surface area contributed by atoms with Crippen LogP contribution in [0.5, 0.6) is 5.75 Å². The molecule has 6 heteroatoms. The van der Waals surface area contributed by atoms with Gasteiger partial charge >= 0.3 is 0 Å². The summed E-state index contributed by atoms with van der Waals surface area (Å²) in [6.07, 6.45) is 4.62. The Labute approximate surface area is 163 Å². The molecule has 1 heterocycles. The van der Waals surface area contributed by atoms with Crippen LogP contribution in [0.15, 0.2) is 41.0 Å². The van der Waals surface area contributed by atoms with Crippen LogP contribution in [-0.2, 0) is 17.6 Å². The number of nitrogens with one attached hydrogen (secondary N) is 1. The van der Waals surface area contributed by atoms with E-state index in [1.807, 2.05) is 38.1 Å². The summed E-state index contributed by atoms with van der Waals surface area (Å²) in [6, 6.07) is 12.0. The summed E-state index contributed by atoms with van der Waals surface area (Å²) in [4.78, 5) is 12.3. The molecule has 28 heavy (non-hydrogen) atoms. The number of anilines is 1. The average molecular weight is 377 g/mol. The van der Waals surface area contributed by atoms with E-state index < -0.39 is 0 Å². The molecule has 0 unspecified atom stereocenters. The van der Waals surface area contributed by atoms with Crippen LogP contribution in [0, 0.1) is 13.8 Å². The third kappa shape index (κ3) is 3.91. The molecule has 0 saturated heterocycles. The molecule has 1 amide bonds. The average Bonchev–Trinajstić information content (AvgIpc) is 3.16. The lowest BCUT2D eigenvalue weighted by atomic mass is 9.90. The molecule has 0 bridgehead atoms. The van der Waals surface area contributed by atoms with E-state index in [0.29, 0.717) is 17.3 Å². The standard InChI is InChI=1S/C22H23N3O3/c1-14-7-10-19(11-15(14)2)27-13-20(26)23-22-21(24-28-25-22)18-9-8-16-5-3-4-6-17(16)12-18/h7-12H,3-6,13H2,1-2H3,(H,23,25,26). The number of fused-ring (bicyclic) bond motifs is 1. The Balaban J connectivity index is 1.44. The maximum absolute atomic E-state index is 12.3. The fraction of sp³-hybridized carbons (Fsp3) is 0.318. The number of ether oxygens (including phenoxy) is 1. The number of hydrogen-bond donors (Lipinski definition) is 1. The fourth-order valence-electron chi connectivity index (χ4n) is 3.46. The maximum Gasteiger partial charge on any atom is 0.263 e. The second-order valence-corrected chi connectivity index (χ2v) is 7.23. The fourth-order valence-corrected chi connectivity index (χ4v) is 3.46. The molecular weight excluding hydrogens is 354 g/mol. The van der Waals surface area contributed by atoms with Crippen molar-refractivity contribution < 1.29 is 14.2 Å². The van der Waals surface area contributed by atoms with Gasteiger partial charge in [0.25, 0.3) is 5.91 Å². The van der Waals surface area contributed by atoms with Crippen molar-refractivity contribution in [2.75, 3.05) is 11.9 Å². The zero-order valence-electron chi connectivity index (χ0n) is 16.1. The molecule has 3 aromatic rings. The van der Waals surface area contributed by atoms with Gasteiger partial charge in [0.05, 0.1) is 0 Å². The molecule has 0 aliphatic heterocycles. The lowest BCUT2D eigenvalue weighted by Crippen LogP contribution is -2.20. The number of benzene rings is 2. The summed E-state index contributed by atoms with van der Waals surface area (Å²) in [5, 5.41) is 10.6. The van der Waals surface area contributed by atoms with E-state index in [2.05, 4.69) is 27.8 Å². The molecule has 0 saturated carbocycles. The number of hydrogen-bond acceptors (Lipinski definition) is 5. The van der Waals surface area contributed by atoms with Gasteiger partial charge in [0.2, 0.25) is 5.82 Å². The first-order chi connectivity index (χ1) is 13.6. The van der Waals surface area contributed by atoms with Crippen LogP contribution in [0.3, 0.4) is 0 Å². The van der Waals surface area contributed by atoms with Crippen LogP contribution in [0.25, 0.3) is 11.3 Å². The molecule has 0 radical (unpaired) electrons. The van der Waals surface area contributed by atoms with E-state index in [1.165, 1.54) is 29.5 Å². The topological polar surface area (TPSA) is 77.2 Å². The van der Waals surface area contributed by atoms with Gasteiger partial charge in [-0.3, -0.25) is 4.79 Å². The van der Waals surface area contributed by atoms with E-state index in [-0.39, 0.29) is 12.5 Å². The molecule has 4 rings (SSSR count). The first-order valence-electron chi connectivity index (χ1n) is 9.55. The predicted molar refractivity (Wildman–Crippen MR) is 106 cm³/mol. The van der Waals surface area contributed by atoms with Gasteiger partial charge in [0.15, 0.2) is 12.3 Å². The molecule has 6 nitrogen and oxygen atoms in total. The van der Waals surface area contributed by atoms with E-state index >= 15 is 0 Å². The monoisotopic (exact) mass is 377 g/mol. The summed E-state index contributed by atoms with van der Waals surface area (Å²) in [5.74, 6) is 0.657. The van der Waals surface area contributed by atoms with Gasteiger partial charge in [-0.2, -0.15) is 0 Å². The van der Waals surface area contributed by atoms with Crippen LogP contribution in [0.1, 0.15) is 35.1 Å². The van der Waals surface area contributed by atoms with Crippen LogP contribution < -0.4 is 10.1 Å². The lowest BCUT2D eigenvalue weighted by molar-refractivity contribution is -0.118. The highest BCUT2D eigenvalue weighted by atomic mass is 16.6. The Kier molecular flexibility index (Phi) is 5.10. The second-order valence-electron chi connectivity index (χ2n) is 7.23. The van der Waals surface area contributed by atoms with Gasteiger partial charge in [-0.1, -0.05) is 18.2 Å². The number of aryl methyl sites for hydroxylation is 4. The molecule has 0 fully saturated rings. The lowest BCUT2D eigenvalue weighted by Gasteiger charge is -2.16. The van der Waals surface area contributed by atoms with Crippen LogP contribution in [0.4, 0.5) is 5.82 Å². The second kappa shape index (κ2) is 7.84. The molecule has 144 valence electrons. The Hall–Kier alpha value is -3.15. The Morgan fingerprint density at radius 1 is 1.04 bits per heavy atom. The minimum Gasteiger partial charge on any atom is -0.484 e. The normalized spacial score (nSPS) is 13.1. The summed E-state index contributed by atoms with van der Waals surface area (Å²) in [7, 11) is 0. The number of aromatic nitrogens is 2. The Bertz CT molecular complexity index is 1010. The smallest absolute Gasteiger partial charge is 0.263 e. The van der Waals surface area contributed by atoms with Crippen molar-refractivity contribution in [3.63, 3.8) is 0 Å². The number of amides is 1. The highest BCUT2D eigenvalue weighted by molar-refractivity contribution is 5.94. The van der Waals surface area contributed by atoms with Crippen molar-refractivity contribution in [3.8, 4) is 17.0 Å². The minimum atomic E-state index is -0.312. The van der Waals surface area contributed by atoms with Crippen molar-refractivity contribution in [1.82, 2.24) is 10.3 Å². The van der Waals surface area contributed by atoms with E-state index in [0.717, 1.165) is 24.0 Å². The van der Waals surface area contributed by atoms with Gasteiger partial charge in [-0.25, -0.2) is 4.63 Å². The van der Waals surface area contributed by atoms with Crippen molar-refractivity contribution in [1.29, 1.82) is 0 Å². The first-order valence-corrected chi connectivity index (χ1v) is 9.55. The quantitative estimate of drug-likeness (QED) is 0.719. The van der Waals surface area contributed by atoms with Crippen LogP contribution in [-0.4, -0.2) is 22.8 Å². The van der Waals surface area contributed by atoms with Crippen molar-refractivity contribution in [2.24, 2.45) is 0 Å². The third-order valence-corrected chi connectivity index (χ3v) is 5.22. The maximum atomic E-state index is 12.3. The zero-order chi connectivity index (χ0) is 19.5. The first kappa shape index (κ1) is 18.2. The summed E-state index contributed by atoms with van der Waals surface area (Å²) >= 11 is 0. The highest BCUT2D eigenvalue weighted by Gasteiger charge is 2.18. The highest BCUT2D eigenvalue weighted by Crippen LogP contribution is 2.29. The van der Waals surface area contributed by atoms with E-state index in [9.17, 15) is 4.79 Å². The van der Waals surface area contributed by atoms with Crippen LogP contribution in [0.2, 0.25) is 0 Å². The molecule has 1 aromatic heterocycles. The molecular formula is C22H23N3O3. The van der Waals surface area contributed by atoms with Crippen LogP contribution >= 0.6 is 0 Å². The molecule has 0 atom stereocenters. The van der Waals surface area contributed by atoms with Gasteiger partial charge in [-0.15, -0.1) is 0 Å². The molecule has 0 spiro atoms. The molecule has 1 aliphatic carbocycles. The molecule has 2 aromatic carbocycles. The molecule has 1 aliphatic rings. The number of carbonyl (C=O) groups is 1. The van der Waals surface area contributed by atoms with Crippen molar-refractivity contribution >= 4 is 11.7 Å². The number of nitrogens with zero attached hydrogens (tertiary/aromatic N) is 2. The minimum absolute atomic E-state index is 0.112. The van der Waals surface area contributed by atoms with E-state index in [4.69, 9.17) is 9.37 Å². The van der Waals surface area contributed by atoms with Crippen molar-refractivity contribution in [2.45, 2.75) is 39.5 Å². The largest absolute Gasteiger partial charge is 0.484 e. The zero-order valence-corrected chi connectivity index (χ0v) is 16.1. The van der Waals surface area contributed by atoms with Gasteiger partial charge in [0.1, 0.15) is 5.75 Å². The predicted octanol–water partition coefficient (Wildman–Crippen LogP) is 4.25. The summed E-state index contributed by atoms with van der Waals surface area (Å²) < 4.78 is 10.5. The Morgan fingerprint density at radius 3 is 2.68 bits per heavy atom. The SMILES string of the molecule is Cc1ccc(OCC(=O)Nc2nonc2-c2ccc3c(c2)CCCC3)cc1C.